The van der Waals surface area contributed by atoms with E-state index in [0.717, 1.165) is 11.3 Å². The molecule has 0 N–H and O–H groups in total. The Balaban J connectivity index is 1.73. The molecule has 0 bridgehead atoms. The minimum absolute atomic E-state index is 0.159. The number of carbonyl (C=O) groups is 1. The molecule has 0 saturated carbocycles. The first kappa shape index (κ1) is 14.8. The molecule has 0 aliphatic heterocycles. The van der Waals surface area contributed by atoms with Gasteiger partial charge in [-0.3, -0.25) is 0 Å². The summed E-state index contributed by atoms with van der Waals surface area (Å²) in [6.07, 6.45) is 0. The van der Waals surface area contributed by atoms with Gasteiger partial charge >= 0.3 is 5.97 Å². The highest BCUT2D eigenvalue weighted by Crippen LogP contribution is 2.26. The summed E-state index contributed by atoms with van der Waals surface area (Å²) in [5.41, 5.74) is 0.958. The molecule has 3 rings (SSSR count). The van der Waals surface area contributed by atoms with Gasteiger partial charge in [-0.15, -0.1) is 0 Å². The van der Waals surface area contributed by atoms with Crippen molar-refractivity contribution < 1.29 is 18.8 Å². The molecule has 0 fully saturated rings. The Morgan fingerprint density at radius 2 is 1.74 bits per heavy atom. The predicted octanol–water partition coefficient (Wildman–Crippen LogP) is 4.31. The topological polar surface area (TPSA) is 61.6 Å². The summed E-state index contributed by atoms with van der Waals surface area (Å²) >= 11 is 0. The first-order valence-electron chi connectivity index (χ1n) is 7.23. The van der Waals surface area contributed by atoms with Crippen LogP contribution in [0.15, 0.2) is 65.2 Å². The fourth-order valence-electron chi connectivity index (χ4n) is 2.02. The molecule has 3 aromatic rings. The van der Waals surface area contributed by atoms with Crippen molar-refractivity contribution >= 4 is 5.97 Å². The van der Waals surface area contributed by atoms with E-state index in [-0.39, 0.29) is 5.69 Å². The number of benzene rings is 2. The van der Waals surface area contributed by atoms with Gasteiger partial charge in [0.1, 0.15) is 11.5 Å². The average molecular weight is 309 g/mol. The maximum atomic E-state index is 11.6. The Labute approximate surface area is 133 Å². The van der Waals surface area contributed by atoms with Crippen molar-refractivity contribution in [1.29, 1.82) is 0 Å². The largest absolute Gasteiger partial charge is 0.461 e. The number of ether oxygens (including phenoxy) is 2. The second-order valence-electron chi connectivity index (χ2n) is 4.74. The van der Waals surface area contributed by atoms with Crippen molar-refractivity contribution in [1.82, 2.24) is 5.16 Å². The van der Waals surface area contributed by atoms with Gasteiger partial charge in [0.25, 0.3) is 0 Å². The van der Waals surface area contributed by atoms with Gasteiger partial charge in [-0.1, -0.05) is 23.4 Å². The molecule has 0 saturated heterocycles. The van der Waals surface area contributed by atoms with Crippen molar-refractivity contribution in [2.45, 2.75) is 6.92 Å². The van der Waals surface area contributed by atoms with Crippen molar-refractivity contribution in [3.05, 3.63) is 66.4 Å². The fraction of sp³-hybridized carbons (Fsp3) is 0.111. The second kappa shape index (κ2) is 6.79. The van der Waals surface area contributed by atoms with E-state index < -0.39 is 5.97 Å². The van der Waals surface area contributed by atoms with Crippen LogP contribution in [0.1, 0.15) is 17.4 Å². The summed E-state index contributed by atoms with van der Waals surface area (Å²) < 4.78 is 15.8. The van der Waals surface area contributed by atoms with E-state index in [1.54, 1.807) is 13.0 Å². The molecule has 5 heteroatoms. The minimum Gasteiger partial charge on any atom is -0.461 e. The second-order valence-corrected chi connectivity index (χ2v) is 4.74. The number of hydrogen-bond acceptors (Lipinski definition) is 5. The molecule has 0 amide bonds. The number of aromatic nitrogens is 1. The predicted molar refractivity (Wildman–Crippen MR) is 84.4 cm³/mol. The van der Waals surface area contributed by atoms with Gasteiger partial charge in [0, 0.05) is 11.6 Å². The van der Waals surface area contributed by atoms with E-state index in [2.05, 4.69) is 5.16 Å². The Morgan fingerprint density at radius 1 is 1.04 bits per heavy atom. The number of para-hydroxylation sites is 1. The molecule has 116 valence electrons. The Bertz CT molecular complexity index is 778. The van der Waals surface area contributed by atoms with Gasteiger partial charge in [-0.2, -0.15) is 0 Å². The van der Waals surface area contributed by atoms with E-state index in [0.29, 0.717) is 18.1 Å². The average Bonchev–Trinajstić information content (AvgIpc) is 3.07. The summed E-state index contributed by atoms with van der Waals surface area (Å²) in [6.45, 7) is 2.04. The Morgan fingerprint density at radius 3 is 2.43 bits per heavy atom. The third-order valence-corrected chi connectivity index (χ3v) is 3.11. The zero-order valence-corrected chi connectivity index (χ0v) is 12.6. The lowest BCUT2D eigenvalue weighted by molar-refractivity contribution is 0.0514. The van der Waals surface area contributed by atoms with Crippen molar-refractivity contribution in [2.75, 3.05) is 6.61 Å². The number of esters is 1. The molecule has 0 radical (unpaired) electrons. The van der Waals surface area contributed by atoms with Crippen LogP contribution in [0.2, 0.25) is 0 Å². The van der Waals surface area contributed by atoms with Crippen LogP contribution in [0.25, 0.3) is 11.3 Å². The molecule has 0 unspecified atom stereocenters. The number of rotatable bonds is 5. The molecule has 5 nitrogen and oxygen atoms in total. The van der Waals surface area contributed by atoms with Gasteiger partial charge in [0.15, 0.2) is 11.5 Å². The van der Waals surface area contributed by atoms with Gasteiger partial charge in [-0.25, -0.2) is 4.79 Å². The van der Waals surface area contributed by atoms with E-state index >= 15 is 0 Å². The first-order valence-corrected chi connectivity index (χ1v) is 7.23. The Kier molecular flexibility index (Phi) is 4.38. The van der Waals surface area contributed by atoms with E-state index in [1.165, 1.54) is 0 Å². The minimum atomic E-state index is -0.494. The summed E-state index contributed by atoms with van der Waals surface area (Å²) in [6, 6.07) is 18.4. The highest BCUT2D eigenvalue weighted by molar-refractivity contribution is 5.88. The summed E-state index contributed by atoms with van der Waals surface area (Å²) in [7, 11) is 0. The number of hydrogen-bond donors (Lipinski definition) is 0. The molecule has 0 aliphatic carbocycles. The van der Waals surface area contributed by atoms with Gasteiger partial charge in [-0.05, 0) is 43.3 Å². The lowest BCUT2D eigenvalue weighted by atomic mass is 10.1. The van der Waals surface area contributed by atoms with E-state index in [1.807, 2.05) is 54.6 Å². The molecule has 0 atom stereocenters. The third kappa shape index (κ3) is 3.58. The van der Waals surface area contributed by atoms with Crippen molar-refractivity contribution in [2.24, 2.45) is 0 Å². The lowest BCUT2D eigenvalue weighted by Gasteiger charge is -2.05. The first-order chi connectivity index (χ1) is 11.3. The number of carbonyl (C=O) groups excluding carboxylic acids is 1. The smallest absolute Gasteiger partial charge is 0.360 e. The summed E-state index contributed by atoms with van der Waals surface area (Å²) in [5.74, 6) is 1.49. The number of nitrogens with zero attached hydrogens (tertiary/aromatic N) is 1. The van der Waals surface area contributed by atoms with Crippen LogP contribution >= 0.6 is 0 Å². The molecule has 1 aromatic heterocycles. The van der Waals surface area contributed by atoms with Gasteiger partial charge in [0.05, 0.1) is 6.61 Å². The highest BCUT2D eigenvalue weighted by Gasteiger charge is 2.14. The van der Waals surface area contributed by atoms with E-state index in [9.17, 15) is 4.79 Å². The molecule has 1 heterocycles. The van der Waals surface area contributed by atoms with Crippen LogP contribution < -0.4 is 4.74 Å². The SMILES string of the molecule is CCOC(=O)c1cc(-c2ccc(Oc3ccccc3)cc2)on1. The molecular weight excluding hydrogens is 294 g/mol. The van der Waals surface area contributed by atoms with E-state index in [4.69, 9.17) is 14.0 Å². The summed E-state index contributed by atoms with van der Waals surface area (Å²) in [5, 5.41) is 3.72. The zero-order valence-electron chi connectivity index (χ0n) is 12.6. The zero-order chi connectivity index (χ0) is 16.1. The molecule has 0 aliphatic rings. The summed E-state index contributed by atoms with van der Waals surface area (Å²) in [4.78, 5) is 11.6. The van der Waals surface area contributed by atoms with Crippen LogP contribution in [-0.2, 0) is 4.74 Å². The Hall–Kier alpha value is -3.08. The van der Waals surface area contributed by atoms with Crippen LogP contribution in [0.5, 0.6) is 11.5 Å². The molecular formula is C18H15NO4. The van der Waals surface area contributed by atoms with Crippen LogP contribution in [-0.4, -0.2) is 17.7 Å². The fourth-order valence-corrected chi connectivity index (χ4v) is 2.02. The monoisotopic (exact) mass is 309 g/mol. The molecule has 2 aromatic carbocycles. The standard InChI is InChI=1S/C18H15NO4/c1-2-21-18(20)16-12-17(23-19-16)13-8-10-15(11-9-13)22-14-6-4-3-5-7-14/h3-12H,2H2,1H3. The third-order valence-electron chi connectivity index (χ3n) is 3.11. The maximum absolute atomic E-state index is 11.6. The van der Waals surface area contributed by atoms with Crippen molar-refractivity contribution in [3.63, 3.8) is 0 Å². The van der Waals surface area contributed by atoms with Gasteiger partial charge in [0.2, 0.25) is 0 Å². The van der Waals surface area contributed by atoms with Crippen LogP contribution in [0.4, 0.5) is 0 Å². The normalized spacial score (nSPS) is 10.3. The van der Waals surface area contributed by atoms with Crippen molar-refractivity contribution in [3.8, 4) is 22.8 Å². The van der Waals surface area contributed by atoms with Crippen LogP contribution in [0, 0.1) is 0 Å². The van der Waals surface area contributed by atoms with Crippen LogP contribution in [0.3, 0.4) is 0 Å². The molecule has 0 spiro atoms. The highest BCUT2D eigenvalue weighted by atomic mass is 16.5. The maximum Gasteiger partial charge on any atom is 0.360 e. The molecule has 23 heavy (non-hydrogen) atoms. The quantitative estimate of drug-likeness (QED) is 0.657. The lowest BCUT2D eigenvalue weighted by Crippen LogP contribution is -2.04. The van der Waals surface area contributed by atoms with Gasteiger partial charge < -0.3 is 14.0 Å².